The van der Waals surface area contributed by atoms with Crippen LogP contribution in [0.5, 0.6) is 5.75 Å². The van der Waals surface area contributed by atoms with Gasteiger partial charge in [-0.25, -0.2) is 0 Å². The number of esters is 1. The van der Waals surface area contributed by atoms with Gasteiger partial charge in [0.2, 0.25) is 5.91 Å². The van der Waals surface area contributed by atoms with E-state index in [2.05, 4.69) is 4.74 Å². The zero-order valence-corrected chi connectivity index (χ0v) is 12.8. The van der Waals surface area contributed by atoms with Gasteiger partial charge >= 0.3 is 5.97 Å². The van der Waals surface area contributed by atoms with Crippen LogP contribution in [0.1, 0.15) is 36.5 Å². The molecule has 0 saturated heterocycles. The summed E-state index contributed by atoms with van der Waals surface area (Å²) in [6.07, 6.45) is 0.917. The Hall–Kier alpha value is -2.37. The zero-order valence-electron chi connectivity index (χ0n) is 12.8. The highest BCUT2D eigenvalue weighted by atomic mass is 16.5. The molecular formula is C16H19NO5. The molecule has 1 aliphatic rings. The molecular weight excluding hydrogens is 286 g/mol. The van der Waals surface area contributed by atoms with Gasteiger partial charge in [0.15, 0.2) is 5.78 Å². The van der Waals surface area contributed by atoms with Gasteiger partial charge in [0, 0.05) is 25.3 Å². The molecule has 0 unspecified atom stereocenters. The molecule has 0 atom stereocenters. The lowest BCUT2D eigenvalue weighted by atomic mass is 10.0. The second-order valence-electron chi connectivity index (χ2n) is 5.05. The van der Waals surface area contributed by atoms with E-state index < -0.39 is 0 Å². The molecule has 0 fully saturated rings. The van der Waals surface area contributed by atoms with Gasteiger partial charge in [-0.2, -0.15) is 0 Å². The van der Waals surface area contributed by atoms with Gasteiger partial charge in [-0.3, -0.25) is 14.4 Å². The maximum Gasteiger partial charge on any atom is 0.305 e. The summed E-state index contributed by atoms with van der Waals surface area (Å²) in [5.74, 6) is 0.127. The van der Waals surface area contributed by atoms with Crippen LogP contribution in [0.15, 0.2) is 18.2 Å². The van der Waals surface area contributed by atoms with Gasteiger partial charge in [0.1, 0.15) is 12.4 Å². The first kappa shape index (κ1) is 16.0. The normalized spacial score (nSPS) is 13.1. The molecule has 22 heavy (non-hydrogen) atoms. The molecule has 1 aromatic rings. The molecule has 6 heteroatoms. The van der Waals surface area contributed by atoms with E-state index >= 15 is 0 Å². The van der Waals surface area contributed by atoms with Crippen molar-refractivity contribution in [3.8, 4) is 5.75 Å². The van der Waals surface area contributed by atoms with E-state index in [1.54, 1.807) is 23.1 Å². The number of carbonyl (C=O) groups excluding carboxylic acids is 3. The van der Waals surface area contributed by atoms with Crippen LogP contribution in [0, 0.1) is 0 Å². The number of hydrogen-bond acceptors (Lipinski definition) is 5. The van der Waals surface area contributed by atoms with Crippen molar-refractivity contribution in [2.24, 2.45) is 0 Å². The number of benzene rings is 1. The Balaban J connectivity index is 2.09. The lowest BCUT2D eigenvalue weighted by molar-refractivity contribution is -0.140. The highest BCUT2D eigenvalue weighted by Crippen LogP contribution is 2.33. The SMILES string of the molecule is COC(=O)CCCC(=O)c1ccc2c(c1)N(C(C)=O)CCO2. The van der Waals surface area contributed by atoms with Gasteiger partial charge in [0.25, 0.3) is 0 Å². The van der Waals surface area contributed by atoms with Gasteiger partial charge in [-0.15, -0.1) is 0 Å². The summed E-state index contributed by atoms with van der Waals surface area (Å²) < 4.78 is 10.0. The second-order valence-corrected chi connectivity index (χ2v) is 5.05. The van der Waals surface area contributed by atoms with E-state index in [4.69, 9.17) is 4.74 Å². The standard InChI is InChI=1S/C16H19NO5/c1-11(18)17-8-9-22-15-7-6-12(10-13(15)17)14(19)4-3-5-16(20)21-2/h6-7,10H,3-5,8-9H2,1-2H3. The molecule has 0 bridgehead atoms. The first-order valence-electron chi connectivity index (χ1n) is 7.18. The van der Waals surface area contributed by atoms with Crippen LogP contribution in [-0.4, -0.2) is 37.9 Å². The quantitative estimate of drug-likeness (QED) is 0.614. The summed E-state index contributed by atoms with van der Waals surface area (Å²) in [6, 6.07) is 5.07. The molecule has 0 saturated carbocycles. The summed E-state index contributed by atoms with van der Waals surface area (Å²) in [7, 11) is 1.32. The number of anilines is 1. The van der Waals surface area contributed by atoms with E-state index in [0.29, 0.717) is 36.6 Å². The number of nitrogens with zero attached hydrogens (tertiary/aromatic N) is 1. The number of amides is 1. The first-order valence-corrected chi connectivity index (χ1v) is 7.18. The van der Waals surface area contributed by atoms with Crippen molar-refractivity contribution < 1.29 is 23.9 Å². The van der Waals surface area contributed by atoms with Crippen LogP contribution in [-0.2, 0) is 14.3 Å². The topological polar surface area (TPSA) is 72.9 Å². The fraction of sp³-hybridized carbons (Fsp3) is 0.438. The molecule has 1 amide bonds. The van der Waals surface area contributed by atoms with Crippen molar-refractivity contribution >= 4 is 23.3 Å². The van der Waals surface area contributed by atoms with Crippen molar-refractivity contribution in [2.75, 3.05) is 25.2 Å². The summed E-state index contributed by atoms with van der Waals surface area (Å²) in [5, 5.41) is 0. The maximum atomic E-state index is 12.2. The second kappa shape index (κ2) is 7.06. The molecule has 0 aromatic heterocycles. The summed E-state index contributed by atoms with van der Waals surface area (Å²) >= 11 is 0. The number of methoxy groups -OCH3 is 1. The zero-order chi connectivity index (χ0) is 16.1. The largest absolute Gasteiger partial charge is 0.490 e. The Bertz CT molecular complexity index is 596. The summed E-state index contributed by atoms with van der Waals surface area (Å²) in [4.78, 5) is 36.5. The monoisotopic (exact) mass is 305 g/mol. The minimum absolute atomic E-state index is 0.0687. The first-order chi connectivity index (χ1) is 10.5. The van der Waals surface area contributed by atoms with Crippen LogP contribution in [0.3, 0.4) is 0 Å². The molecule has 2 rings (SSSR count). The Morgan fingerprint density at radius 3 is 2.73 bits per heavy atom. The summed E-state index contributed by atoms with van der Waals surface area (Å²) in [6.45, 7) is 2.40. The number of carbonyl (C=O) groups is 3. The number of hydrogen-bond donors (Lipinski definition) is 0. The predicted molar refractivity (Wildman–Crippen MR) is 80.2 cm³/mol. The minimum atomic E-state index is -0.325. The average Bonchev–Trinajstić information content (AvgIpc) is 2.53. The van der Waals surface area contributed by atoms with Crippen LogP contribution >= 0.6 is 0 Å². The predicted octanol–water partition coefficient (Wildman–Crippen LogP) is 1.96. The van der Waals surface area contributed by atoms with Crippen molar-refractivity contribution in [3.63, 3.8) is 0 Å². The molecule has 6 nitrogen and oxygen atoms in total. The number of fused-ring (bicyclic) bond motifs is 1. The lowest BCUT2D eigenvalue weighted by Crippen LogP contribution is -2.36. The third kappa shape index (κ3) is 3.63. The molecule has 1 heterocycles. The third-order valence-corrected chi connectivity index (χ3v) is 3.54. The maximum absolute atomic E-state index is 12.2. The Morgan fingerprint density at radius 1 is 1.27 bits per heavy atom. The average molecular weight is 305 g/mol. The van der Waals surface area contributed by atoms with Gasteiger partial charge < -0.3 is 14.4 Å². The molecule has 0 spiro atoms. The van der Waals surface area contributed by atoms with Gasteiger partial charge in [0.05, 0.1) is 19.3 Å². The fourth-order valence-electron chi connectivity index (χ4n) is 2.36. The van der Waals surface area contributed by atoms with Crippen molar-refractivity contribution in [3.05, 3.63) is 23.8 Å². The minimum Gasteiger partial charge on any atom is -0.490 e. The fourth-order valence-corrected chi connectivity index (χ4v) is 2.36. The smallest absolute Gasteiger partial charge is 0.305 e. The van der Waals surface area contributed by atoms with E-state index in [-0.39, 0.29) is 30.5 Å². The number of Topliss-reactive ketones (excluding diaryl/α,β-unsaturated/α-hetero) is 1. The van der Waals surface area contributed by atoms with Crippen molar-refractivity contribution in [1.82, 2.24) is 0 Å². The Kier molecular flexibility index (Phi) is 5.14. The van der Waals surface area contributed by atoms with Crippen LogP contribution in [0.25, 0.3) is 0 Å². The van der Waals surface area contributed by atoms with Gasteiger partial charge in [-0.1, -0.05) is 0 Å². The van der Waals surface area contributed by atoms with E-state index in [0.717, 1.165) is 0 Å². The third-order valence-electron chi connectivity index (χ3n) is 3.54. The highest BCUT2D eigenvalue weighted by molar-refractivity contribution is 6.00. The molecule has 0 radical (unpaired) electrons. The molecule has 1 aliphatic heterocycles. The van der Waals surface area contributed by atoms with E-state index in [9.17, 15) is 14.4 Å². The highest BCUT2D eigenvalue weighted by Gasteiger charge is 2.22. The molecule has 118 valence electrons. The van der Waals surface area contributed by atoms with Gasteiger partial charge in [-0.05, 0) is 24.6 Å². The molecule has 0 aliphatic carbocycles. The number of ether oxygens (including phenoxy) is 2. The molecule has 1 aromatic carbocycles. The van der Waals surface area contributed by atoms with Crippen LogP contribution in [0.4, 0.5) is 5.69 Å². The number of ketones is 1. The van der Waals surface area contributed by atoms with E-state index in [1.807, 2.05) is 0 Å². The molecule has 0 N–H and O–H groups in total. The lowest BCUT2D eigenvalue weighted by Gasteiger charge is -2.29. The van der Waals surface area contributed by atoms with Crippen molar-refractivity contribution in [1.29, 1.82) is 0 Å². The van der Waals surface area contributed by atoms with Crippen LogP contribution in [0.2, 0.25) is 0 Å². The Labute approximate surface area is 129 Å². The van der Waals surface area contributed by atoms with Crippen LogP contribution < -0.4 is 9.64 Å². The Morgan fingerprint density at radius 2 is 2.05 bits per heavy atom. The summed E-state index contributed by atoms with van der Waals surface area (Å²) in [5.41, 5.74) is 1.14. The van der Waals surface area contributed by atoms with E-state index in [1.165, 1.54) is 14.0 Å². The number of rotatable bonds is 5. The van der Waals surface area contributed by atoms with Crippen molar-refractivity contribution in [2.45, 2.75) is 26.2 Å².